The number of likely N-dealkylation sites (N-methyl/N-ethyl adjacent to an activating group) is 1. The van der Waals surface area contributed by atoms with Gasteiger partial charge in [0.25, 0.3) is 0 Å². The average Bonchev–Trinajstić information content (AvgIpc) is 2.67. The minimum atomic E-state index is -0.351. The number of benzene rings is 2. The molecule has 28 heavy (non-hydrogen) atoms. The lowest BCUT2D eigenvalue weighted by atomic mass is 10.2. The van der Waals surface area contributed by atoms with E-state index in [1.165, 1.54) is 33.5 Å². The molecule has 1 amide bonds. The topological polar surface area (TPSA) is 69.3 Å². The quantitative estimate of drug-likeness (QED) is 0.671. The maximum atomic E-state index is 13.1. The predicted molar refractivity (Wildman–Crippen MR) is 104 cm³/mol. The number of hydrogen-bond acceptors (Lipinski definition) is 6. The van der Waals surface area contributed by atoms with Crippen molar-refractivity contribution in [3.05, 3.63) is 42.2 Å². The monoisotopic (exact) mass is 392 g/mol. The fourth-order valence-electron chi connectivity index (χ4n) is 2.55. The summed E-state index contributed by atoms with van der Waals surface area (Å²) in [5.74, 6) is 1.26. The van der Waals surface area contributed by atoms with E-state index in [-0.39, 0.29) is 18.3 Å². The Morgan fingerprint density at radius 2 is 1.75 bits per heavy atom. The maximum Gasteiger partial charge on any atom is 0.238 e. The molecule has 0 bridgehead atoms. The van der Waals surface area contributed by atoms with Crippen LogP contribution in [-0.4, -0.2) is 58.9 Å². The van der Waals surface area contributed by atoms with E-state index in [0.717, 1.165) is 0 Å². The van der Waals surface area contributed by atoms with Crippen molar-refractivity contribution in [2.24, 2.45) is 0 Å². The summed E-state index contributed by atoms with van der Waals surface area (Å²) in [4.78, 5) is 14.1. The van der Waals surface area contributed by atoms with Crippen LogP contribution in [-0.2, 0) is 4.79 Å². The highest BCUT2D eigenvalue weighted by Crippen LogP contribution is 2.39. The molecule has 0 heterocycles. The molecule has 1 N–H and O–H groups in total. The highest BCUT2D eigenvalue weighted by atomic mass is 19.1. The van der Waals surface area contributed by atoms with Crippen LogP contribution in [0.1, 0.15) is 0 Å². The number of nitrogens with one attached hydrogen (secondary N) is 1. The normalized spacial score (nSPS) is 10.5. The van der Waals surface area contributed by atoms with Gasteiger partial charge in [0.15, 0.2) is 11.5 Å². The lowest BCUT2D eigenvalue weighted by Crippen LogP contribution is -2.33. The van der Waals surface area contributed by atoms with Crippen molar-refractivity contribution in [1.29, 1.82) is 0 Å². The predicted octanol–water partition coefficient (Wildman–Crippen LogP) is 2.80. The molecular formula is C20H25FN2O5. The summed E-state index contributed by atoms with van der Waals surface area (Å²) >= 11 is 0. The molecule has 152 valence electrons. The first-order valence-electron chi connectivity index (χ1n) is 8.63. The zero-order chi connectivity index (χ0) is 20.5. The number of methoxy groups -OCH3 is 3. The van der Waals surface area contributed by atoms with Gasteiger partial charge < -0.3 is 24.3 Å². The zero-order valence-corrected chi connectivity index (χ0v) is 16.5. The summed E-state index contributed by atoms with van der Waals surface area (Å²) in [5, 5.41) is 2.80. The van der Waals surface area contributed by atoms with Crippen molar-refractivity contribution in [3.8, 4) is 23.0 Å². The third-order valence-electron chi connectivity index (χ3n) is 3.90. The molecule has 2 rings (SSSR count). The molecule has 0 fully saturated rings. The fourth-order valence-corrected chi connectivity index (χ4v) is 2.55. The van der Waals surface area contributed by atoms with Crippen molar-refractivity contribution in [2.75, 3.05) is 53.4 Å². The molecule has 0 spiro atoms. The Kier molecular flexibility index (Phi) is 7.88. The number of carbonyl (C=O) groups excluding carboxylic acids is 1. The number of nitrogens with zero attached hydrogens (tertiary/aromatic N) is 1. The van der Waals surface area contributed by atoms with E-state index in [2.05, 4.69) is 5.32 Å². The first-order chi connectivity index (χ1) is 13.5. The van der Waals surface area contributed by atoms with E-state index in [4.69, 9.17) is 18.9 Å². The minimum Gasteiger partial charge on any atom is -0.493 e. The SMILES string of the molecule is COc1cc(NC(=O)CN(C)CCOc2cccc(F)c2)cc(OC)c1OC. The second-order valence-corrected chi connectivity index (χ2v) is 6.01. The number of carbonyl (C=O) groups is 1. The van der Waals surface area contributed by atoms with Gasteiger partial charge in [-0.3, -0.25) is 9.69 Å². The Bertz CT molecular complexity index is 775. The first-order valence-corrected chi connectivity index (χ1v) is 8.63. The van der Waals surface area contributed by atoms with Gasteiger partial charge in [0.2, 0.25) is 11.7 Å². The van der Waals surface area contributed by atoms with Gasteiger partial charge in [-0.1, -0.05) is 6.07 Å². The number of rotatable bonds is 10. The van der Waals surface area contributed by atoms with Gasteiger partial charge in [0.05, 0.1) is 27.9 Å². The Hall–Kier alpha value is -3.00. The van der Waals surface area contributed by atoms with Crippen LogP contribution in [0.5, 0.6) is 23.0 Å². The molecule has 0 saturated carbocycles. The smallest absolute Gasteiger partial charge is 0.238 e. The van der Waals surface area contributed by atoms with Crippen LogP contribution < -0.4 is 24.3 Å². The van der Waals surface area contributed by atoms with E-state index in [1.54, 1.807) is 36.2 Å². The van der Waals surface area contributed by atoms with Crippen molar-refractivity contribution in [3.63, 3.8) is 0 Å². The molecule has 0 aliphatic rings. The van der Waals surface area contributed by atoms with Gasteiger partial charge in [-0.05, 0) is 19.2 Å². The van der Waals surface area contributed by atoms with Gasteiger partial charge in [0.1, 0.15) is 18.2 Å². The van der Waals surface area contributed by atoms with Crippen molar-refractivity contribution in [2.45, 2.75) is 0 Å². The van der Waals surface area contributed by atoms with Crippen molar-refractivity contribution < 1.29 is 28.1 Å². The standard InChI is InChI=1S/C20H25FN2O5/c1-23(8-9-28-16-7-5-6-14(21)10-16)13-19(24)22-15-11-17(25-2)20(27-4)18(12-15)26-3/h5-7,10-12H,8-9,13H2,1-4H3,(H,22,24). The molecule has 0 radical (unpaired) electrons. The molecule has 7 nitrogen and oxygen atoms in total. The zero-order valence-electron chi connectivity index (χ0n) is 16.5. The van der Waals surface area contributed by atoms with E-state index in [0.29, 0.717) is 41.8 Å². The van der Waals surface area contributed by atoms with Crippen LogP contribution in [0.2, 0.25) is 0 Å². The lowest BCUT2D eigenvalue weighted by molar-refractivity contribution is -0.117. The Labute approximate surface area is 163 Å². The molecule has 2 aromatic rings. The third-order valence-corrected chi connectivity index (χ3v) is 3.90. The fraction of sp³-hybridized carbons (Fsp3) is 0.350. The Balaban J connectivity index is 1.87. The summed E-state index contributed by atoms with van der Waals surface area (Å²) in [7, 11) is 6.33. The van der Waals surface area contributed by atoms with Crippen LogP contribution in [0.3, 0.4) is 0 Å². The molecular weight excluding hydrogens is 367 g/mol. The molecule has 0 aliphatic heterocycles. The molecule has 0 aliphatic carbocycles. The molecule has 0 saturated heterocycles. The molecule has 2 aromatic carbocycles. The molecule has 0 unspecified atom stereocenters. The minimum absolute atomic E-state index is 0.156. The average molecular weight is 392 g/mol. The van der Waals surface area contributed by atoms with Crippen LogP contribution in [0.15, 0.2) is 36.4 Å². The summed E-state index contributed by atoms with van der Waals surface area (Å²) < 4.78 is 34.4. The molecule has 0 aromatic heterocycles. The second-order valence-electron chi connectivity index (χ2n) is 6.01. The van der Waals surface area contributed by atoms with Crippen LogP contribution in [0.4, 0.5) is 10.1 Å². The molecule has 8 heteroatoms. The summed E-state index contributed by atoms with van der Waals surface area (Å²) in [6.45, 7) is 0.986. The van der Waals surface area contributed by atoms with Gasteiger partial charge in [-0.15, -0.1) is 0 Å². The lowest BCUT2D eigenvalue weighted by Gasteiger charge is -2.18. The van der Waals surface area contributed by atoms with Crippen LogP contribution in [0.25, 0.3) is 0 Å². The number of amides is 1. The van der Waals surface area contributed by atoms with E-state index in [9.17, 15) is 9.18 Å². The molecule has 0 atom stereocenters. The number of hydrogen-bond donors (Lipinski definition) is 1. The Morgan fingerprint density at radius 3 is 2.32 bits per heavy atom. The number of ether oxygens (including phenoxy) is 4. The van der Waals surface area contributed by atoms with E-state index >= 15 is 0 Å². The maximum absolute atomic E-state index is 13.1. The summed E-state index contributed by atoms with van der Waals surface area (Å²) in [6, 6.07) is 9.25. The first kappa shape index (κ1) is 21.3. The van der Waals surface area contributed by atoms with Crippen molar-refractivity contribution >= 4 is 11.6 Å². The van der Waals surface area contributed by atoms with Gasteiger partial charge in [0, 0.05) is 30.4 Å². The van der Waals surface area contributed by atoms with Gasteiger partial charge in [-0.25, -0.2) is 4.39 Å². The van der Waals surface area contributed by atoms with Crippen LogP contribution in [0, 0.1) is 5.82 Å². The van der Waals surface area contributed by atoms with E-state index in [1.807, 2.05) is 0 Å². The number of halogens is 1. The van der Waals surface area contributed by atoms with Crippen molar-refractivity contribution in [1.82, 2.24) is 4.90 Å². The largest absolute Gasteiger partial charge is 0.493 e. The summed E-state index contributed by atoms with van der Waals surface area (Å²) in [6.07, 6.45) is 0. The summed E-state index contributed by atoms with van der Waals surface area (Å²) in [5.41, 5.74) is 0.531. The highest BCUT2D eigenvalue weighted by Gasteiger charge is 2.15. The third kappa shape index (κ3) is 6.02. The van der Waals surface area contributed by atoms with Gasteiger partial charge in [-0.2, -0.15) is 0 Å². The highest BCUT2D eigenvalue weighted by molar-refractivity contribution is 5.93. The van der Waals surface area contributed by atoms with Gasteiger partial charge >= 0.3 is 0 Å². The second kappa shape index (κ2) is 10.4. The van der Waals surface area contributed by atoms with E-state index < -0.39 is 0 Å². The Morgan fingerprint density at radius 1 is 1.07 bits per heavy atom. The van der Waals surface area contributed by atoms with Crippen LogP contribution >= 0.6 is 0 Å². The number of anilines is 1.